The third-order valence-electron chi connectivity index (χ3n) is 10.9. The van der Waals surface area contributed by atoms with Crippen LogP contribution in [0.1, 0.15) is 71.4 Å². The van der Waals surface area contributed by atoms with E-state index in [-0.39, 0.29) is 23.9 Å². The Bertz CT molecular complexity index is 2320. The molecule has 56 heavy (non-hydrogen) atoms. The minimum atomic E-state index is -1.25. The maximum Gasteiger partial charge on any atom is 0.405 e. The molecule has 4 heterocycles. The fourth-order valence-electron chi connectivity index (χ4n) is 7.89. The van der Waals surface area contributed by atoms with Crippen LogP contribution in [-0.4, -0.2) is 79.9 Å². The Morgan fingerprint density at radius 1 is 0.696 bits per heavy atom. The number of amides is 3. The molecule has 12 nitrogen and oxygen atoms in total. The zero-order valence-corrected chi connectivity index (χ0v) is 31.4. The Labute approximate surface area is 325 Å². The van der Waals surface area contributed by atoms with Gasteiger partial charge in [0.15, 0.2) is 0 Å². The van der Waals surface area contributed by atoms with Crippen LogP contribution >= 0.6 is 0 Å². The molecule has 0 spiro atoms. The topological polar surface area (TPSA) is 151 Å². The third kappa shape index (κ3) is 7.37. The molecule has 3 amide bonds. The molecule has 0 unspecified atom stereocenters. The molecule has 4 N–H and O–H groups in total. The monoisotopic (exact) mass is 748 g/mol. The van der Waals surface area contributed by atoms with Gasteiger partial charge in [0.05, 0.1) is 35.9 Å². The number of H-pyrrole nitrogens is 2. The van der Waals surface area contributed by atoms with Crippen LogP contribution in [0.4, 0.5) is 10.5 Å². The normalized spacial score (nSPS) is 17.2. The van der Waals surface area contributed by atoms with Gasteiger partial charge in [-0.1, -0.05) is 78.9 Å². The van der Waals surface area contributed by atoms with Crippen LogP contribution in [0, 0.1) is 0 Å². The Balaban J connectivity index is 0.923. The van der Waals surface area contributed by atoms with Gasteiger partial charge in [0.1, 0.15) is 17.7 Å². The van der Waals surface area contributed by atoms with Gasteiger partial charge in [-0.05, 0) is 77.8 Å². The number of imidazole rings is 2. The third-order valence-corrected chi connectivity index (χ3v) is 10.9. The summed E-state index contributed by atoms with van der Waals surface area (Å²) in [6, 6.07) is 31.9. The zero-order valence-electron chi connectivity index (χ0n) is 31.4. The van der Waals surface area contributed by atoms with E-state index in [2.05, 4.69) is 56.7 Å². The van der Waals surface area contributed by atoms with Gasteiger partial charge in [-0.2, -0.15) is 0 Å². The highest BCUT2D eigenvalue weighted by Gasteiger charge is 2.37. The van der Waals surface area contributed by atoms with E-state index in [0.29, 0.717) is 30.0 Å². The number of anilines is 1. The average molecular weight is 749 g/mol. The molecule has 2 aliphatic heterocycles. The number of likely N-dealkylation sites (tertiary alicyclic amines) is 2. The number of hydrogen-bond donors (Lipinski definition) is 4. The summed E-state index contributed by atoms with van der Waals surface area (Å²) >= 11 is 0. The zero-order chi connectivity index (χ0) is 38.8. The van der Waals surface area contributed by atoms with E-state index in [0.717, 1.165) is 70.8 Å². The number of aromatic nitrogens is 4. The van der Waals surface area contributed by atoms with Crippen molar-refractivity contribution in [2.75, 3.05) is 32.1 Å². The lowest BCUT2D eigenvalue weighted by Crippen LogP contribution is -2.42. The molecule has 2 aliphatic rings. The smallest absolute Gasteiger partial charge is 0.405 e. The van der Waals surface area contributed by atoms with Crippen molar-refractivity contribution in [3.05, 3.63) is 138 Å². The second kappa shape index (κ2) is 15.6. The molecule has 12 heteroatoms. The maximum absolute atomic E-state index is 13.7. The van der Waals surface area contributed by atoms with Crippen molar-refractivity contribution in [3.8, 4) is 33.6 Å². The number of hydrogen-bond acceptors (Lipinski definition) is 6. The molecular formula is C44H44N8O4. The van der Waals surface area contributed by atoms with Crippen LogP contribution in [0.5, 0.6) is 0 Å². The van der Waals surface area contributed by atoms with Gasteiger partial charge in [-0.3, -0.25) is 9.59 Å². The number of carbonyl (C=O) groups excluding carboxylic acids is 2. The van der Waals surface area contributed by atoms with E-state index < -0.39 is 12.1 Å². The van der Waals surface area contributed by atoms with E-state index in [1.807, 2.05) is 72.6 Å². The molecular weight excluding hydrogens is 705 g/mol. The van der Waals surface area contributed by atoms with Gasteiger partial charge in [0.2, 0.25) is 0 Å². The van der Waals surface area contributed by atoms with Crippen molar-refractivity contribution in [1.82, 2.24) is 35.1 Å². The summed E-state index contributed by atoms with van der Waals surface area (Å²) in [6.45, 7) is 1.22. The number of aromatic amines is 2. The molecule has 284 valence electrons. The molecule has 0 aliphatic carbocycles. The van der Waals surface area contributed by atoms with Gasteiger partial charge in [-0.15, -0.1) is 0 Å². The van der Waals surface area contributed by atoms with E-state index in [1.54, 1.807) is 35.4 Å². The van der Waals surface area contributed by atoms with Crippen molar-refractivity contribution in [3.63, 3.8) is 0 Å². The summed E-state index contributed by atoms with van der Waals surface area (Å²) < 4.78 is 0. The summed E-state index contributed by atoms with van der Waals surface area (Å²) in [5.41, 5.74) is 8.19. The van der Waals surface area contributed by atoms with Gasteiger partial charge in [0.25, 0.3) is 11.8 Å². The first-order chi connectivity index (χ1) is 27.2. The van der Waals surface area contributed by atoms with Crippen molar-refractivity contribution in [2.45, 2.75) is 43.8 Å². The molecule has 2 aromatic heterocycles. The Morgan fingerprint density at radius 2 is 1.20 bits per heavy atom. The van der Waals surface area contributed by atoms with Crippen LogP contribution in [0.2, 0.25) is 0 Å². The Kier molecular flexibility index (Phi) is 10.1. The van der Waals surface area contributed by atoms with Gasteiger partial charge >= 0.3 is 6.09 Å². The highest BCUT2D eigenvalue weighted by Crippen LogP contribution is 2.36. The number of carboxylic acid groups (broad SMARTS) is 1. The maximum atomic E-state index is 13.7. The SMILES string of the molecule is CN(C)c1ccc(C(=O)N2CCC[C@H]2c2ncc(-c3ccc(-c4ccc(-c5cnc([C@@H]6CCCN6C(=O)[C@H](NC(=O)O)c6ccccc6)[nH]5)cc4)cc3)[nH]2)cc1. The summed E-state index contributed by atoms with van der Waals surface area (Å²) in [7, 11) is 3.97. The van der Waals surface area contributed by atoms with E-state index in [9.17, 15) is 19.5 Å². The van der Waals surface area contributed by atoms with Crippen LogP contribution in [0.25, 0.3) is 33.6 Å². The average Bonchev–Trinajstić information content (AvgIpc) is 4.07. The fourth-order valence-corrected chi connectivity index (χ4v) is 7.89. The number of nitrogens with zero attached hydrogens (tertiary/aromatic N) is 5. The first kappa shape index (κ1) is 36.3. The predicted molar refractivity (Wildman–Crippen MR) is 215 cm³/mol. The molecule has 4 aromatic carbocycles. The summed E-state index contributed by atoms with van der Waals surface area (Å²) in [5.74, 6) is 1.21. The largest absolute Gasteiger partial charge is 0.465 e. The van der Waals surface area contributed by atoms with Gasteiger partial charge in [-0.25, -0.2) is 14.8 Å². The number of rotatable bonds is 10. The highest BCUT2D eigenvalue weighted by atomic mass is 16.4. The van der Waals surface area contributed by atoms with Gasteiger partial charge in [0, 0.05) is 38.4 Å². The molecule has 0 bridgehead atoms. The number of benzene rings is 4. The van der Waals surface area contributed by atoms with Crippen LogP contribution in [0.15, 0.2) is 116 Å². The lowest BCUT2D eigenvalue weighted by atomic mass is 10.0. The molecule has 0 saturated carbocycles. The molecule has 2 saturated heterocycles. The van der Waals surface area contributed by atoms with Gasteiger partial charge < -0.3 is 35.1 Å². The fraction of sp³-hybridized carbons (Fsp3) is 0.250. The van der Waals surface area contributed by atoms with E-state index in [4.69, 9.17) is 4.98 Å². The lowest BCUT2D eigenvalue weighted by Gasteiger charge is -2.28. The lowest BCUT2D eigenvalue weighted by molar-refractivity contribution is -0.134. The molecule has 0 radical (unpaired) electrons. The van der Waals surface area contributed by atoms with Crippen molar-refractivity contribution in [1.29, 1.82) is 0 Å². The van der Waals surface area contributed by atoms with Crippen LogP contribution in [-0.2, 0) is 4.79 Å². The molecule has 8 rings (SSSR count). The first-order valence-corrected chi connectivity index (χ1v) is 19.0. The predicted octanol–water partition coefficient (Wildman–Crippen LogP) is 7.85. The number of carbonyl (C=O) groups is 3. The van der Waals surface area contributed by atoms with E-state index >= 15 is 0 Å². The summed E-state index contributed by atoms with van der Waals surface area (Å²) in [6.07, 6.45) is 5.70. The molecule has 6 aromatic rings. The quantitative estimate of drug-likeness (QED) is 0.111. The standard InChI is InChI=1S/C44H44N8O4/c1-50(2)34-22-20-33(21-23-34)42(53)51-24-6-10-37(51)40-45-26-35(47-40)30-16-12-28(13-17-30)29-14-18-31(19-15-29)36-27-46-41(48-36)38-11-7-25-52(38)43(54)39(49-44(55)56)32-8-4-3-5-9-32/h3-5,8-9,12-23,26-27,37-39,49H,6-7,10-11,24-25H2,1-2H3,(H,45,47)(H,46,48)(H,55,56)/t37-,38-,39+/m0/s1. The summed E-state index contributed by atoms with van der Waals surface area (Å²) in [4.78, 5) is 60.8. The second-order valence-corrected chi connectivity index (χ2v) is 14.6. The van der Waals surface area contributed by atoms with Crippen molar-refractivity contribution >= 4 is 23.6 Å². The molecule has 2 fully saturated rings. The molecule has 3 atom stereocenters. The number of nitrogens with one attached hydrogen (secondary N) is 3. The van der Waals surface area contributed by atoms with E-state index in [1.165, 1.54) is 0 Å². The summed E-state index contributed by atoms with van der Waals surface area (Å²) in [5, 5.41) is 11.9. The van der Waals surface area contributed by atoms with Crippen molar-refractivity contribution < 1.29 is 19.5 Å². The minimum absolute atomic E-state index is 0.0241. The van der Waals surface area contributed by atoms with Crippen LogP contribution in [0.3, 0.4) is 0 Å². The highest BCUT2D eigenvalue weighted by molar-refractivity contribution is 5.95. The second-order valence-electron chi connectivity index (χ2n) is 14.6. The first-order valence-electron chi connectivity index (χ1n) is 19.0. The van der Waals surface area contributed by atoms with Crippen molar-refractivity contribution in [2.24, 2.45) is 0 Å². The Morgan fingerprint density at radius 3 is 1.71 bits per heavy atom. The van der Waals surface area contributed by atoms with Crippen LogP contribution < -0.4 is 10.2 Å². The Hall–Kier alpha value is -6.69. The minimum Gasteiger partial charge on any atom is -0.465 e.